The van der Waals surface area contributed by atoms with Gasteiger partial charge in [-0.2, -0.15) is 0 Å². The zero-order chi connectivity index (χ0) is 53.6. The monoisotopic (exact) mass is 1030 g/mol. The topological polar surface area (TPSA) is 78.9 Å². The SMILES string of the molecule is CC/C=C\C/C=C\C/C=C\C/C=C\C/C=C\C/C=C\CCCCCCCCC(=O)OCC(COC(=O)CCCCCCCCCCCCCC)OC(=O)CCCCCCCC/C=C\C/C=C\C/C=C\CCCCC. The van der Waals surface area contributed by atoms with Crippen LogP contribution in [0.2, 0.25) is 0 Å². The minimum atomic E-state index is -0.792. The van der Waals surface area contributed by atoms with E-state index in [2.05, 4.69) is 130 Å². The summed E-state index contributed by atoms with van der Waals surface area (Å²) in [6.07, 6.45) is 83.6. The second kappa shape index (κ2) is 61.6. The van der Waals surface area contributed by atoms with Gasteiger partial charge in [-0.3, -0.25) is 14.4 Å². The lowest BCUT2D eigenvalue weighted by molar-refractivity contribution is -0.167. The van der Waals surface area contributed by atoms with E-state index in [0.717, 1.165) is 135 Å². The van der Waals surface area contributed by atoms with Crippen LogP contribution in [0.25, 0.3) is 0 Å². The van der Waals surface area contributed by atoms with E-state index in [1.165, 1.54) is 109 Å². The van der Waals surface area contributed by atoms with E-state index in [4.69, 9.17) is 14.2 Å². The van der Waals surface area contributed by atoms with Gasteiger partial charge in [0.2, 0.25) is 0 Å². The van der Waals surface area contributed by atoms with Crippen molar-refractivity contribution in [2.24, 2.45) is 0 Å². The minimum Gasteiger partial charge on any atom is -0.462 e. The summed E-state index contributed by atoms with van der Waals surface area (Å²) in [6.45, 7) is 6.48. The first-order valence-electron chi connectivity index (χ1n) is 30.9. The van der Waals surface area contributed by atoms with Crippen molar-refractivity contribution < 1.29 is 28.6 Å². The average Bonchev–Trinajstić information content (AvgIpc) is 3.40. The van der Waals surface area contributed by atoms with Crippen molar-refractivity contribution in [3.8, 4) is 0 Å². The van der Waals surface area contributed by atoms with Crippen molar-refractivity contribution in [1.29, 1.82) is 0 Å². The number of hydrogen-bond donors (Lipinski definition) is 0. The summed E-state index contributed by atoms with van der Waals surface area (Å²) in [6, 6.07) is 0. The van der Waals surface area contributed by atoms with Gasteiger partial charge in [0.15, 0.2) is 6.10 Å². The lowest BCUT2D eigenvalue weighted by Crippen LogP contribution is -2.30. The Morgan fingerprint density at radius 3 is 0.851 bits per heavy atom. The van der Waals surface area contributed by atoms with Gasteiger partial charge in [0.05, 0.1) is 0 Å². The fourth-order valence-electron chi connectivity index (χ4n) is 8.39. The Morgan fingerprint density at radius 1 is 0.284 bits per heavy atom. The van der Waals surface area contributed by atoms with Crippen LogP contribution in [-0.4, -0.2) is 37.2 Å². The number of carbonyl (C=O) groups excluding carboxylic acids is 3. The molecule has 74 heavy (non-hydrogen) atoms. The van der Waals surface area contributed by atoms with Crippen molar-refractivity contribution in [3.05, 3.63) is 109 Å². The van der Waals surface area contributed by atoms with Gasteiger partial charge in [0.25, 0.3) is 0 Å². The lowest BCUT2D eigenvalue weighted by Gasteiger charge is -2.18. The number of unbranched alkanes of at least 4 members (excludes halogenated alkanes) is 26. The van der Waals surface area contributed by atoms with Gasteiger partial charge in [-0.05, 0) is 109 Å². The fourth-order valence-corrected chi connectivity index (χ4v) is 8.39. The van der Waals surface area contributed by atoms with Crippen LogP contribution < -0.4 is 0 Å². The maximum Gasteiger partial charge on any atom is 0.306 e. The smallest absolute Gasteiger partial charge is 0.306 e. The summed E-state index contributed by atoms with van der Waals surface area (Å²) in [7, 11) is 0. The Kier molecular flexibility index (Phi) is 58.3. The third-order valence-electron chi connectivity index (χ3n) is 13.0. The van der Waals surface area contributed by atoms with Gasteiger partial charge < -0.3 is 14.2 Å². The summed E-state index contributed by atoms with van der Waals surface area (Å²) in [4.78, 5) is 38.2. The predicted molar refractivity (Wildman–Crippen MR) is 320 cm³/mol. The van der Waals surface area contributed by atoms with Gasteiger partial charge in [-0.15, -0.1) is 0 Å². The third-order valence-corrected chi connectivity index (χ3v) is 13.0. The molecule has 0 N–H and O–H groups in total. The first kappa shape index (κ1) is 70.1. The van der Waals surface area contributed by atoms with Crippen LogP contribution in [0.3, 0.4) is 0 Å². The molecule has 0 amide bonds. The van der Waals surface area contributed by atoms with E-state index in [-0.39, 0.29) is 31.1 Å². The van der Waals surface area contributed by atoms with Crippen molar-refractivity contribution in [2.75, 3.05) is 13.2 Å². The molecule has 0 radical (unpaired) electrons. The molecular formula is C68H114O6. The molecule has 0 heterocycles. The highest BCUT2D eigenvalue weighted by atomic mass is 16.6. The Balaban J connectivity index is 4.39. The van der Waals surface area contributed by atoms with E-state index < -0.39 is 6.10 Å². The molecule has 0 saturated heterocycles. The summed E-state index contributed by atoms with van der Waals surface area (Å²) in [5.74, 6) is -0.910. The fraction of sp³-hybridized carbons (Fsp3) is 0.691. The molecule has 0 saturated carbocycles. The van der Waals surface area contributed by atoms with Crippen molar-refractivity contribution in [3.63, 3.8) is 0 Å². The first-order valence-corrected chi connectivity index (χ1v) is 30.9. The molecule has 6 nitrogen and oxygen atoms in total. The lowest BCUT2D eigenvalue weighted by atomic mass is 10.0. The molecule has 0 aliphatic heterocycles. The molecule has 0 fully saturated rings. The van der Waals surface area contributed by atoms with E-state index in [1.807, 2.05) is 0 Å². The zero-order valence-corrected chi connectivity index (χ0v) is 48.3. The highest BCUT2D eigenvalue weighted by molar-refractivity contribution is 5.71. The Hall–Kier alpha value is -3.93. The van der Waals surface area contributed by atoms with E-state index in [9.17, 15) is 14.4 Å². The molecule has 422 valence electrons. The maximum absolute atomic E-state index is 12.9. The zero-order valence-electron chi connectivity index (χ0n) is 48.3. The molecule has 0 rings (SSSR count). The van der Waals surface area contributed by atoms with Crippen molar-refractivity contribution in [1.82, 2.24) is 0 Å². The summed E-state index contributed by atoms with van der Waals surface area (Å²) in [5.41, 5.74) is 0. The summed E-state index contributed by atoms with van der Waals surface area (Å²) >= 11 is 0. The Bertz CT molecular complexity index is 1510. The number of ether oxygens (including phenoxy) is 3. The first-order chi connectivity index (χ1) is 36.5. The van der Waals surface area contributed by atoms with Crippen LogP contribution in [0.1, 0.15) is 284 Å². The van der Waals surface area contributed by atoms with E-state index in [1.54, 1.807) is 0 Å². The van der Waals surface area contributed by atoms with E-state index >= 15 is 0 Å². The normalized spacial score (nSPS) is 12.9. The van der Waals surface area contributed by atoms with E-state index in [0.29, 0.717) is 19.3 Å². The molecule has 0 aromatic carbocycles. The van der Waals surface area contributed by atoms with Crippen molar-refractivity contribution in [2.45, 2.75) is 290 Å². The molecule has 6 heteroatoms. The number of allylic oxidation sites excluding steroid dienone is 18. The largest absolute Gasteiger partial charge is 0.462 e. The maximum atomic E-state index is 12.9. The van der Waals surface area contributed by atoms with Crippen LogP contribution >= 0.6 is 0 Å². The summed E-state index contributed by atoms with van der Waals surface area (Å²) in [5, 5.41) is 0. The minimum absolute atomic E-state index is 0.0874. The quantitative estimate of drug-likeness (QED) is 0.0261. The predicted octanol–water partition coefficient (Wildman–Crippen LogP) is 21.0. The number of rotatable bonds is 55. The molecule has 0 aliphatic rings. The molecule has 1 unspecified atom stereocenters. The molecule has 0 bridgehead atoms. The molecule has 0 aliphatic carbocycles. The summed E-state index contributed by atoms with van der Waals surface area (Å²) < 4.78 is 16.9. The molecule has 1 atom stereocenters. The average molecular weight is 1030 g/mol. The number of carbonyl (C=O) groups is 3. The van der Waals surface area contributed by atoms with Gasteiger partial charge in [0.1, 0.15) is 13.2 Å². The van der Waals surface area contributed by atoms with Crippen LogP contribution in [0, 0.1) is 0 Å². The molecule has 0 aromatic heterocycles. The molecule has 0 aromatic rings. The Morgan fingerprint density at radius 2 is 0.527 bits per heavy atom. The van der Waals surface area contributed by atoms with Gasteiger partial charge in [-0.1, -0.05) is 265 Å². The van der Waals surface area contributed by atoms with Crippen LogP contribution in [0.4, 0.5) is 0 Å². The number of hydrogen-bond acceptors (Lipinski definition) is 6. The number of esters is 3. The standard InChI is InChI=1S/C68H114O6/c1-4-7-10-13-16-19-22-25-27-29-31-32-33-34-35-36-38-39-41-43-46-49-52-55-58-61-67(70)73-64-65(63-72-66(69)60-57-54-51-48-45-24-21-18-15-12-9-6-3)74-68(71)62-59-56-53-50-47-44-42-40-37-30-28-26-23-20-17-14-11-8-5-2/h7,10,16-17,19-20,25-28,31-32,34-35,37-40,65H,4-6,8-9,11-15,18,21-24,29-30,33,36,41-64H2,1-3H3/b10-7-,19-16-,20-17-,27-25-,28-26-,32-31-,35-34-,39-38-,40-37-. The van der Waals surface area contributed by atoms with Gasteiger partial charge in [0, 0.05) is 19.3 Å². The molecular weight excluding hydrogens is 913 g/mol. The second-order valence-corrected chi connectivity index (χ2v) is 20.2. The van der Waals surface area contributed by atoms with Gasteiger partial charge >= 0.3 is 17.9 Å². The highest BCUT2D eigenvalue weighted by Crippen LogP contribution is 2.15. The second-order valence-electron chi connectivity index (χ2n) is 20.2. The van der Waals surface area contributed by atoms with Crippen LogP contribution in [0.15, 0.2) is 109 Å². The Labute approximate surface area is 457 Å². The molecule has 0 spiro atoms. The van der Waals surface area contributed by atoms with Crippen LogP contribution in [-0.2, 0) is 28.6 Å². The highest BCUT2D eigenvalue weighted by Gasteiger charge is 2.19. The van der Waals surface area contributed by atoms with Crippen molar-refractivity contribution >= 4 is 17.9 Å². The van der Waals surface area contributed by atoms with Crippen LogP contribution in [0.5, 0.6) is 0 Å². The third kappa shape index (κ3) is 59.0. The van der Waals surface area contributed by atoms with Gasteiger partial charge in [-0.25, -0.2) is 0 Å².